The zero-order valence-electron chi connectivity index (χ0n) is 10.4. The van der Waals surface area contributed by atoms with E-state index < -0.39 is 0 Å². The highest BCUT2D eigenvalue weighted by Crippen LogP contribution is 2.27. The topological polar surface area (TPSA) is 38.3 Å². The van der Waals surface area contributed by atoms with E-state index in [1.165, 1.54) is 0 Å². The lowest BCUT2D eigenvalue weighted by Crippen LogP contribution is -2.21. The molecule has 1 aromatic rings. The minimum absolute atomic E-state index is 0.00477. The minimum Gasteiger partial charge on any atom is -0.497 e. The molecule has 0 saturated carbocycles. The van der Waals surface area contributed by atoms with Crippen LogP contribution in [0.15, 0.2) is 18.2 Å². The number of amides is 1. The monoisotopic (exact) mass is 255 g/mol. The highest BCUT2D eigenvalue weighted by atomic mass is 35.5. The molecule has 0 aliphatic rings. The summed E-state index contributed by atoms with van der Waals surface area (Å²) in [4.78, 5) is 11.9. The molecule has 0 bridgehead atoms. The van der Waals surface area contributed by atoms with Crippen LogP contribution >= 0.6 is 11.6 Å². The van der Waals surface area contributed by atoms with Gasteiger partial charge in [0.25, 0.3) is 0 Å². The van der Waals surface area contributed by atoms with E-state index in [1.54, 1.807) is 25.3 Å². The van der Waals surface area contributed by atoms with Gasteiger partial charge in [0.15, 0.2) is 0 Å². The summed E-state index contributed by atoms with van der Waals surface area (Å²) < 4.78 is 5.09. The Kier molecular flexibility index (Phi) is 5.29. The third-order valence-corrected chi connectivity index (χ3v) is 3.12. The van der Waals surface area contributed by atoms with Crippen molar-refractivity contribution in [1.29, 1.82) is 0 Å². The van der Waals surface area contributed by atoms with E-state index in [0.717, 1.165) is 12.8 Å². The molecule has 3 nitrogen and oxygen atoms in total. The lowest BCUT2D eigenvalue weighted by molar-refractivity contribution is -0.120. The molecular formula is C13H18ClNO2. The van der Waals surface area contributed by atoms with Crippen LogP contribution in [0.1, 0.15) is 26.7 Å². The Morgan fingerprint density at radius 1 is 1.41 bits per heavy atom. The molecule has 0 saturated heterocycles. The molecule has 0 aliphatic carbocycles. The summed E-state index contributed by atoms with van der Waals surface area (Å²) in [5, 5.41) is 3.35. The molecular weight excluding hydrogens is 238 g/mol. The molecule has 1 amide bonds. The van der Waals surface area contributed by atoms with Gasteiger partial charge >= 0.3 is 0 Å². The number of halogens is 1. The van der Waals surface area contributed by atoms with Crippen LogP contribution in [0.4, 0.5) is 5.69 Å². The molecule has 94 valence electrons. The van der Waals surface area contributed by atoms with Gasteiger partial charge in [0.1, 0.15) is 5.75 Å². The summed E-state index contributed by atoms with van der Waals surface area (Å²) in [5.41, 5.74) is 0.600. The maximum absolute atomic E-state index is 11.9. The summed E-state index contributed by atoms with van der Waals surface area (Å²) in [6.07, 6.45) is 1.65. The van der Waals surface area contributed by atoms with Gasteiger partial charge in [-0.05, 0) is 25.0 Å². The minimum atomic E-state index is 0.00477. The van der Waals surface area contributed by atoms with Gasteiger partial charge in [0.2, 0.25) is 5.91 Å². The number of hydrogen-bond donors (Lipinski definition) is 1. The molecule has 17 heavy (non-hydrogen) atoms. The number of carbonyl (C=O) groups excluding carboxylic acids is 1. The first kappa shape index (κ1) is 13.8. The van der Waals surface area contributed by atoms with Crippen LogP contribution < -0.4 is 10.1 Å². The number of ether oxygens (including phenoxy) is 1. The van der Waals surface area contributed by atoms with Crippen molar-refractivity contribution in [3.8, 4) is 5.75 Å². The molecule has 1 rings (SSSR count). The van der Waals surface area contributed by atoms with Crippen molar-refractivity contribution in [3.63, 3.8) is 0 Å². The second-order valence-corrected chi connectivity index (χ2v) is 4.26. The van der Waals surface area contributed by atoms with E-state index >= 15 is 0 Å². The molecule has 1 N–H and O–H groups in total. The highest BCUT2D eigenvalue weighted by Gasteiger charge is 2.15. The first-order valence-electron chi connectivity index (χ1n) is 5.76. The first-order chi connectivity index (χ1) is 8.12. The summed E-state index contributed by atoms with van der Waals surface area (Å²) in [7, 11) is 1.58. The lowest BCUT2D eigenvalue weighted by atomic mass is 10.0. The van der Waals surface area contributed by atoms with Crippen molar-refractivity contribution in [2.75, 3.05) is 12.4 Å². The maximum Gasteiger partial charge on any atom is 0.227 e. The van der Waals surface area contributed by atoms with Gasteiger partial charge in [0.05, 0.1) is 17.8 Å². The first-order valence-corrected chi connectivity index (χ1v) is 6.14. The smallest absolute Gasteiger partial charge is 0.227 e. The number of rotatable bonds is 5. The van der Waals surface area contributed by atoms with Gasteiger partial charge in [-0.15, -0.1) is 0 Å². The van der Waals surface area contributed by atoms with Gasteiger partial charge in [-0.1, -0.05) is 25.4 Å². The third kappa shape index (κ3) is 3.63. The molecule has 0 aliphatic heterocycles. The Morgan fingerprint density at radius 2 is 2.06 bits per heavy atom. The van der Waals surface area contributed by atoms with E-state index in [9.17, 15) is 4.79 Å². The molecule has 0 spiro atoms. The van der Waals surface area contributed by atoms with E-state index in [-0.39, 0.29) is 11.8 Å². The number of benzene rings is 1. The van der Waals surface area contributed by atoms with Gasteiger partial charge in [-0.25, -0.2) is 0 Å². The Morgan fingerprint density at radius 3 is 2.59 bits per heavy atom. The number of nitrogens with one attached hydrogen (secondary N) is 1. The average Bonchev–Trinajstić information content (AvgIpc) is 2.33. The van der Waals surface area contributed by atoms with Gasteiger partial charge in [0, 0.05) is 12.0 Å². The van der Waals surface area contributed by atoms with Crippen molar-refractivity contribution in [2.24, 2.45) is 5.92 Å². The third-order valence-electron chi connectivity index (χ3n) is 2.79. The molecule has 0 unspecified atom stereocenters. The van der Waals surface area contributed by atoms with Gasteiger partial charge in [-0.2, -0.15) is 0 Å². The molecule has 4 heteroatoms. The maximum atomic E-state index is 11.9. The van der Waals surface area contributed by atoms with Crippen LogP contribution in [0, 0.1) is 5.92 Å². The van der Waals surface area contributed by atoms with E-state index in [1.807, 2.05) is 13.8 Å². The van der Waals surface area contributed by atoms with Crippen molar-refractivity contribution in [3.05, 3.63) is 23.2 Å². The van der Waals surface area contributed by atoms with E-state index in [4.69, 9.17) is 16.3 Å². The Balaban J connectivity index is 2.83. The zero-order valence-corrected chi connectivity index (χ0v) is 11.2. The Bertz CT molecular complexity index is 389. The van der Waals surface area contributed by atoms with Crippen LogP contribution in [-0.2, 0) is 4.79 Å². The predicted octanol–water partition coefficient (Wildman–Crippen LogP) is 3.72. The molecule has 0 fully saturated rings. The fourth-order valence-electron chi connectivity index (χ4n) is 1.62. The fraction of sp³-hybridized carbons (Fsp3) is 0.462. The average molecular weight is 256 g/mol. The van der Waals surface area contributed by atoms with Crippen molar-refractivity contribution in [2.45, 2.75) is 26.7 Å². The second kappa shape index (κ2) is 6.50. The van der Waals surface area contributed by atoms with Crippen LogP contribution in [0.2, 0.25) is 5.02 Å². The van der Waals surface area contributed by atoms with Crippen LogP contribution in [0.5, 0.6) is 5.75 Å². The SMILES string of the molecule is CCC(CC)C(=O)Nc1cc(OC)ccc1Cl. The van der Waals surface area contributed by atoms with Gasteiger partial charge in [-0.3, -0.25) is 4.79 Å². The number of carbonyl (C=O) groups is 1. The molecule has 0 heterocycles. The van der Waals surface area contributed by atoms with Crippen molar-refractivity contribution in [1.82, 2.24) is 0 Å². The number of methoxy groups -OCH3 is 1. The number of hydrogen-bond acceptors (Lipinski definition) is 2. The second-order valence-electron chi connectivity index (χ2n) is 3.85. The largest absolute Gasteiger partial charge is 0.497 e. The standard InChI is InChI=1S/C13H18ClNO2/c1-4-9(5-2)13(16)15-12-8-10(17-3)6-7-11(12)14/h6-9H,4-5H2,1-3H3,(H,15,16). The molecule has 0 radical (unpaired) electrons. The molecule has 1 aromatic carbocycles. The summed E-state index contributed by atoms with van der Waals surface area (Å²) in [5.74, 6) is 0.705. The quantitative estimate of drug-likeness (QED) is 0.871. The molecule has 0 atom stereocenters. The normalized spacial score (nSPS) is 10.4. The zero-order chi connectivity index (χ0) is 12.8. The van der Waals surface area contributed by atoms with Gasteiger partial charge < -0.3 is 10.1 Å². The summed E-state index contributed by atoms with van der Waals surface area (Å²) >= 11 is 6.02. The van der Waals surface area contributed by atoms with Crippen molar-refractivity contribution < 1.29 is 9.53 Å². The predicted molar refractivity (Wildman–Crippen MR) is 70.7 cm³/mol. The Hall–Kier alpha value is -1.22. The lowest BCUT2D eigenvalue weighted by Gasteiger charge is -2.14. The van der Waals surface area contributed by atoms with Crippen molar-refractivity contribution >= 4 is 23.2 Å². The van der Waals surface area contributed by atoms with E-state index in [2.05, 4.69) is 5.32 Å². The fourth-order valence-corrected chi connectivity index (χ4v) is 1.79. The molecule has 0 aromatic heterocycles. The van der Waals surface area contributed by atoms with Crippen LogP contribution in [0.3, 0.4) is 0 Å². The van der Waals surface area contributed by atoms with E-state index in [0.29, 0.717) is 16.5 Å². The summed E-state index contributed by atoms with van der Waals surface area (Å²) in [6, 6.07) is 5.20. The highest BCUT2D eigenvalue weighted by molar-refractivity contribution is 6.33. The summed E-state index contributed by atoms with van der Waals surface area (Å²) in [6.45, 7) is 4.00. The Labute approximate surface area is 107 Å². The van der Waals surface area contributed by atoms with Crippen LogP contribution in [0.25, 0.3) is 0 Å². The van der Waals surface area contributed by atoms with Crippen LogP contribution in [-0.4, -0.2) is 13.0 Å². The number of anilines is 1.